The second-order valence-corrected chi connectivity index (χ2v) is 4.57. The Labute approximate surface area is 105 Å². The average Bonchev–Trinajstić information content (AvgIpc) is 2.25. The second kappa shape index (κ2) is 5.48. The van der Waals surface area contributed by atoms with Gasteiger partial charge in [0, 0.05) is 11.6 Å². The van der Waals surface area contributed by atoms with E-state index in [-0.39, 0.29) is 11.7 Å². The Morgan fingerprint density at radius 1 is 1.39 bits per heavy atom. The molecule has 0 aliphatic heterocycles. The molecule has 0 spiro atoms. The smallest absolute Gasteiger partial charge is 0.413 e. The van der Waals surface area contributed by atoms with Crippen molar-refractivity contribution in [2.45, 2.75) is 26.4 Å². The molecule has 1 N–H and O–H groups in total. The van der Waals surface area contributed by atoms with Crippen molar-refractivity contribution in [2.75, 3.05) is 12.4 Å². The number of nitrogens with zero attached hydrogens (tertiary/aromatic N) is 1. The summed E-state index contributed by atoms with van der Waals surface area (Å²) >= 11 is 0. The van der Waals surface area contributed by atoms with Crippen molar-refractivity contribution in [2.24, 2.45) is 0 Å². The van der Waals surface area contributed by atoms with E-state index in [1.54, 1.807) is 20.8 Å². The van der Waals surface area contributed by atoms with Crippen LogP contribution in [0.25, 0.3) is 0 Å². The number of carbonyl (C=O) groups is 2. The summed E-state index contributed by atoms with van der Waals surface area (Å²) in [5.41, 5.74) is -0.246. The van der Waals surface area contributed by atoms with Crippen LogP contribution < -0.4 is 10.1 Å². The number of aromatic nitrogens is 1. The largest absolute Gasteiger partial charge is 0.481 e. The molecule has 0 unspecified atom stereocenters. The van der Waals surface area contributed by atoms with Crippen molar-refractivity contribution in [1.82, 2.24) is 4.98 Å². The van der Waals surface area contributed by atoms with E-state index in [1.807, 2.05) is 0 Å². The summed E-state index contributed by atoms with van der Waals surface area (Å²) in [6, 6.07) is 2.90. The number of aldehydes is 1. The van der Waals surface area contributed by atoms with Crippen LogP contribution in [-0.2, 0) is 4.74 Å². The number of hydrogen-bond acceptors (Lipinski definition) is 5. The van der Waals surface area contributed by atoms with Crippen LogP contribution >= 0.6 is 0 Å². The Bertz CT molecular complexity index is 452. The minimum atomic E-state index is -0.639. The molecule has 0 radical (unpaired) electrons. The van der Waals surface area contributed by atoms with Gasteiger partial charge in [0.25, 0.3) is 0 Å². The second-order valence-electron chi connectivity index (χ2n) is 4.57. The van der Waals surface area contributed by atoms with Crippen LogP contribution in [0.5, 0.6) is 5.88 Å². The molecule has 0 fully saturated rings. The summed E-state index contributed by atoms with van der Waals surface area (Å²) in [6.07, 6.45) is 0.00453. The third-order valence-electron chi connectivity index (χ3n) is 1.80. The van der Waals surface area contributed by atoms with Crippen LogP contribution in [0.1, 0.15) is 31.1 Å². The van der Waals surface area contributed by atoms with Gasteiger partial charge in [-0.2, -0.15) is 4.98 Å². The molecular weight excluding hydrogens is 236 g/mol. The SMILES string of the molecule is COc1cc(C=O)cc(NC(=O)OC(C)(C)C)n1. The molecule has 98 valence electrons. The molecule has 6 heteroatoms. The van der Waals surface area contributed by atoms with Gasteiger partial charge in [-0.25, -0.2) is 4.79 Å². The third-order valence-corrected chi connectivity index (χ3v) is 1.80. The highest BCUT2D eigenvalue weighted by molar-refractivity contribution is 5.85. The van der Waals surface area contributed by atoms with Gasteiger partial charge < -0.3 is 9.47 Å². The van der Waals surface area contributed by atoms with E-state index >= 15 is 0 Å². The van der Waals surface area contributed by atoms with Gasteiger partial charge in [-0.3, -0.25) is 10.1 Å². The van der Waals surface area contributed by atoms with Gasteiger partial charge >= 0.3 is 6.09 Å². The topological polar surface area (TPSA) is 77.5 Å². The van der Waals surface area contributed by atoms with E-state index in [9.17, 15) is 9.59 Å². The molecule has 1 aromatic rings. The van der Waals surface area contributed by atoms with E-state index in [0.29, 0.717) is 11.8 Å². The first-order chi connectivity index (χ1) is 8.34. The Balaban J connectivity index is 2.84. The molecule has 18 heavy (non-hydrogen) atoms. The molecule has 0 atom stereocenters. The van der Waals surface area contributed by atoms with Crippen molar-refractivity contribution in [3.63, 3.8) is 0 Å². The van der Waals surface area contributed by atoms with Crippen molar-refractivity contribution < 1.29 is 19.1 Å². The van der Waals surface area contributed by atoms with Crippen LogP contribution in [0.3, 0.4) is 0 Å². The zero-order valence-corrected chi connectivity index (χ0v) is 10.8. The molecular formula is C12H16N2O4. The summed E-state index contributed by atoms with van der Waals surface area (Å²) in [6.45, 7) is 5.26. The number of nitrogens with one attached hydrogen (secondary N) is 1. The van der Waals surface area contributed by atoms with Crippen LogP contribution in [-0.4, -0.2) is 30.1 Å². The molecule has 1 amide bonds. The third kappa shape index (κ3) is 4.40. The summed E-state index contributed by atoms with van der Waals surface area (Å²) in [7, 11) is 1.42. The summed E-state index contributed by atoms with van der Waals surface area (Å²) in [5.74, 6) is 0.441. The van der Waals surface area contributed by atoms with E-state index in [1.165, 1.54) is 19.2 Å². The number of carbonyl (C=O) groups excluding carboxylic acids is 2. The van der Waals surface area contributed by atoms with E-state index < -0.39 is 11.7 Å². The first-order valence-electron chi connectivity index (χ1n) is 5.35. The first-order valence-corrected chi connectivity index (χ1v) is 5.35. The normalized spacial score (nSPS) is 10.7. The Kier molecular flexibility index (Phi) is 4.25. The molecule has 0 aliphatic carbocycles. The molecule has 0 bridgehead atoms. The monoisotopic (exact) mass is 252 g/mol. The molecule has 6 nitrogen and oxygen atoms in total. The zero-order valence-electron chi connectivity index (χ0n) is 10.8. The van der Waals surface area contributed by atoms with Gasteiger partial charge in [0.1, 0.15) is 17.7 Å². The maximum atomic E-state index is 11.5. The van der Waals surface area contributed by atoms with Gasteiger partial charge in [0.05, 0.1) is 7.11 Å². The van der Waals surface area contributed by atoms with Crippen LogP contribution in [0.2, 0.25) is 0 Å². The van der Waals surface area contributed by atoms with Gasteiger partial charge in [0.2, 0.25) is 5.88 Å². The molecule has 0 saturated heterocycles. The highest BCUT2D eigenvalue weighted by Gasteiger charge is 2.17. The van der Waals surface area contributed by atoms with E-state index in [0.717, 1.165) is 0 Å². The lowest BCUT2D eigenvalue weighted by atomic mass is 10.2. The fourth-order valence-electron chi connectivity index (χ4n) is 1.17. The number of anilines is 1. The van der Waals surface area contributed by atoms with Crippen molar-refractivity contribution in [3.05, 3.63) is 17.7 Å². The van der Waals surface area contributed by atoms with Gasteiger partial charge in [-0.05, 0) is 26.8 Å². The van der Waals surface area contributed by atoms with Crippen LogP contribution in [0.15, 0.2) is 12.1 Å². The average molecular weight is 252 g/mol. The number of methoxy groups -OCH3 is 1. The van der Waals surface area contributed by atoms with Gasteiger partial charge in [-0.15, -0.1) is 0 Å². The fourth-order valence-corrected chi connectivity index (χ4v) is 1.17. The molecule has 1 rings (SSSR count). The summed E-state index contributed by atoms with van der Waals surface area (Å²) in [5, 5.41) is 2.44. The minimum absolute atomic E-state index is 0.200. The van der Waals surface area contributed by atoms with Gasteiger partial charge in [-0.1, -0.05) is 0 Å². The lowest BCUT2D eigenvalue weighted by Crippen LogP contribution is -2.27. The molecule has 1 aromatic heterocycles. The van der Waals surface area contributed by atoms with Crippen molar-refractivity contribution in [1.29, 1.82) is 0 Å². The number of amides is 1. The van der Waals surface area contributed by atoms with Gasteiger partial charge in [0.15, 0.2) is 0 Å². The highest BCUT2D eigenvalue weighted by Crippen LogP contribution is 2.16. The van der Waals surface area contributed by atoms with Crippen molar-refractivity contribution in [3.8, 4) is 5.88 Å². The van der Waals surface area contributed by atoms with E-state index in [2.05, 4.69) is 10.3 Å². The molecule has 0 aliphatic rings. The molecule has 0 aromatic carbocycles. The summed E-state index contributed by atoms with van der Waals surface area (Å²) < 4.78 is 9.99. The predicted molar refractivity (Wildman–Crippen MR) is 66.0 cm³/mol. The number of rotatable bonds is 3. The maximum absolute atomic E-state index is 11.5. The van der Waals surface area contributed by atoms with Crippen molar-refractivity contribution >= 4 is 18.2 Å². The maximum Gasteiger partial charge on any atom is 0.413 e. The summed E-state index contributed by atoms with van der Waals surface area (Å²) in [4.78, 5) is 26.2. The minimum Gasteiger partial charge on any atom is -0.481 e. The van der Waals surface area contributed by atoms with Crippen LogP contribution in [0.4, 0.5) is 10.6 Å². The quantitative estimate of drug-likeness (QED) is 0.835. The standard InChI is InChI=1S/C12H16N2O4/c1-12(2,3)18-11(16)14-9-5-8(7-15)6-10(13-9)17-4/h5-7H,1-4H3,(H,13,14,16). The van der Waals surface area contributed by atoms with E-state index in [4.69, 9.17) is 9.47 Å². The molecule has 1 heterocycles. The number of pyridine rings is 1. The number of ether oxygens (including phenoxy) is 2. The zero-order chi connectivity index (χ0) is 13.8. The highest BCUT2D eigenvalue weighted by atomic mass is 16.6. The predicted octanol–water partition coefficient (Wildman–Crippen LogP) is 2.25. The Hall–Kier alpha value is -2.11. The fraction of sp³-hybridized carbons (Fsp3) is 0.417. The lowest BCUT2D eigenvalue weighted by Gasteiger charge is -2.19. The van der Waals surface area contributed by atoms with Crippen LogP contribution in [0, 0.1) is 0 Å². The molecule has 0 saturated carbocycles. The Morgan fingerprint density at radius 2 is 2.06 bits per heavy atom. The lowest BCUT2D eigenvalue weighted by molar-refractivity contribution is 0.0635. The first kappa shape index (κ1) is 14.0. The number of hydrogen-bond donors (Lipinski definition) is 1. The Morgan fingerprint density at radius 3 is 2.56 bits per heavy atom.